The molecule has 1 amide bonds. The predicted octanol–water partition coefficient (Wildman–Crippen LogP) is 3.81. The maximum atomic E-state index is 13.2. The fourth-order valence-electron chi connectivity index (χ4n) is 3.80. The number of nitrogens with zero attached hydrogens (tertiary/aromatic N) is 6. The number of hydrogen-bond donors (Lipinski definition) is 0. The zero-order chi connectivity index (χ0) is 22.9. The van der Waals surface area contributed by atoms with Crippen molar-refractivity contribution in [3.63, 3.8) is 0 Å². The maximum absolute atomic E-state index is 13.2. The molecule has 3 aromatic heterocycles. The van der Waals surface area contributed by atoms with Gasteiger partial charge in [-0.2, -0.15) is 10.1 Å². The molecule has 0 unspecified atom stereocenters. The van der Waals surface area contributed by atoms with Gasteiger partial charge in [-0.15, -0.1) is 5.10 Å². The van der Waals surface area contributed by atoms with Crippen molar-refractivity contribution in [2.24, 2.45) is 5.10 Å². The lowest BCUT2D eigenvalue weighted by Crippen LogP contribution is -2.28. The third kappa shape index (κ3) is 4.21. The van der Waals surface area contributed by atoms with Gasteiger partial charge in [-0.3, -0.25) is 4.79 Å². The standard InChI is InChI=1S/C23H22N6O3S/c1-14-11-15(2)28-22(24-14)25-23(27-28)33-13-21(30)29-19(20-5-4-10-32-20)12-18(26-29)16-6-8-17(31-3)9-7-16/h4-11,19H,12-13H2,1-3H3/t19-/m1/s1. The summed E-state index contributed by atoms with van der Waals surface area (Å²) in [4.78, 5) is 22.0. The minimum atomic E-state index is -0.300. The fraction of sp³-hybridized carbons (Fsp3) is 0.261. The first-order valence-electron chi connectivity index (χ1n) is 10.4. The predicted molar refractivity (Wildman–Crippen MR) is 123 cm³/mol. The lowest BCUT2D eigenvalue weighted by atomic mass is 10.0. The summed E-state index contributed by atoms with van der Waals surface area (Å²) in [7, 11) is 1.63. The summed E-state index contributed by atoms with van der Waals surface area (Å²) in [6, 6.07) is 13.0. The molecule has 0 saturated heterocycles. The Morgan fingerprint density at radius 2 is 2.03 bits per heavy atom. The number of methoxy groups -OCH3 is 1. The molecule has 9 nitrogen and oxygen atoms in total. The van der Waals surface area contributed by atoms with E-state index >= 15 is 0 Å². The molecule has 0 saturated carbocycles. The van der Waals surface area contributed by atoms with Crippen molar-refractivity contribution >= 4 is 29.2 Å². The number of amides is 1. The Morgan fingerprint density at radius 1 is 1.21 bits per heavy atom. The number of carbonyl (C=O) groups excluding carboxylic acids is 1. The molecule has 5 rings (SSSR count). The summed E-state index contributed by atoms with van der Waals surface area (Å²) in [5, 5.41) is 11.1. The molecule has 1 aliphatic rings. The van der Waals surface area contributed by atoms with Gasteiger partial charge in [0, 0.05) is 17.8 Å². The van der Waals surface area contributed by atoms with Crippen LogP contribution in [0.1, 0.15) is 35.2 Å². The zero-order valence-electron chi connectivity index (χ0n) is 18.4. The van der Waals surface area contributed by atoms with E-state index in [1.165, 1.54) is 16.8 Å². The zero-order valence-corrected chi connectivity index (χ0v) is 19.2. The highest BCUT2D eigenvalue weighted by atomic mass is 32.2. The summed E-state index contributed by atoms with van der Waals surface area (Å²) >= 11 is 1.27. The lowest BCUT2D eigenvalue weighted by Gasteiger charge is -2.19. The average Bonchev–Trinajstić information content (AvgIpc) is 3.56. The second-order valence-electron chi connectivity index (χ2n) is 7.68. The molecule has 4 heterocycles. The van der Waals surface area contributed by atoms with Gasteiger partial charge in [0.2, 0.25) is 5.16 Å². The van der Waals surface area contributed by atoms with Gasteiger partial charge in [0.15, 0.2) is 0 Å². The third-order valence-corrected chi connectivity index (χ3v) is 6.21. The smallest absolute Gasteiger partial charge is 0.253 e. The number of ether oxygens (including phenoxy) is 1. The second kappa shape index (κ2) is 8.70. The molecule has 10 heteroatoms. The van der Waals surface area contributed by atoms with Gasteiger partial charge in [-0.05, 0) is 61.9 Å². The van der Waals surface area contributed by atoms with Crippen molar-refractivity contribution in [2.45, 2.75) is 31.5 Å². The van der Waals surface area contributed by atoms with Crippen LogP contribution in [0.15, 0.2) is 63.4 Å². The van der Waals surface area contributed by atoms with E-state index in [4.69, 9.17) is 9.15 Å². The van der Waals surface area contributed by atoms with Gasteiger partial charge >= 0.3 is 0 Å². The number of carbonyl (C=O) groups is 1. The number of rotatable bonds is 6. The maximum Gasteiger partial charge on any atom is 0.253 e. The van der Waals surface area contributed by atoms with Crippen LogP contribution in [0.4, 0.5) is 0 Å². The monoisotopic (exact) mass is 462 g/mol. The van der Waals surface area contributed by atoms with Crippen LogP contribution in [0.2, 0.25) is 0 Å². The Kier molecular flexibility index (Phi) is 5.59. The van der Waals surface area contributed by atoms with Crippen LogP contribution in [-0.2, 0) is 4.79 Å². The number of aryl methyl sites for hydroxylation is 2. The number of hydrogen-bond acceptors (Lipinski definition) is 8. The van der Waals surface area contributed by atoms with Crippen LogP contribution in [0.3, 0.4) is 0 Å². The Hall–Kier alpha value is -3.66. The third-order valence-electron chi connectivity index (χ3n) is 5.38. The molecule has 1 aliphatic heterocycles. The van der Waals surface area contributed by atoms with Crippen LogP contribution in [-0.4, -0.2) is 49.1 Å². The van der Waals surface area contributed by atoms with Crippen molar-refractivity contribution < 1.29 is 13.9 Å². The van der Waals surface area contributed by atoms with E-state index in [0.717, 1.165) is 28.4 Å². The van der Waals surface area contributed by atoms with E-state index in [1.807, 2.05) is 56.3 Å². The van der Waals surface area contributed by atoms with Gasteiger partial charge in [-0.25, -0.2) is 14.5 Å². The second-order valence-corrected chi connectivity index (χ2v) is 8.63. The molecule has 0 N–H and O–H groups in total. The Morgan fingerprint density at radius 3 is 2.76 bits per heavy atom. The SMILES string of the molecule is COc1ccc(C2=NN(C(=O)CSc3nc4nc(C)cc(C)n4n3)[C@@H](c3ccco3)C2)cc1. The molecular formula is C23H22N6O3S. The van der Waals surface area contributed by atoms with E-state index in [1.54, 1.807) is 17.9 Å². The first-order valence-corrected chi connectivity index (χ1v) is 11.4. The minimum Gasteiger partial charge on any atom is -0.497 e. The minimum absolute atomic E-state index is 0.144. The van der Waals surface area contributed by atoms with Gasteiger partial charge in [0.05, 0.1) is 24.8 Å². The number of fused-ring (bicyclic) bond motifs is 1. The molecule has 0 aliphatic carbocycles. The van der Waals surface area contributed by atoms with E-state index in [0.29, 0.717) is 23.1 Å². The molecule has 0 fully saturated rings. The van der Waals surface area contributed by atoms with Crippen molar-refractivity contribution in [3.05, 3.63) is 71.4 Å². The van der Waals surface area contributed by atoms with Crippen molar-refractivity contribution in [2.75, 3.05) is 12.9 Å². The Bertz CT molecular complexity index is 1330. The summed E-state index contributed by atoms with van der Waals surface area (Å²) in [6.45, 7) is 3.86. The number of furan rings is 1. The van der Waals surface area contributed by atoms with E-state index < -0.39 is 0 Å². The molecule has 4 aromatic rings. The fourth-order valence-corrected chi connectivity index (χ4v) is 4.47. The molecule has 33 heavy (non-hydrogen) atoms. The number of thioether (sulfide) groups is 1. The van der Waals surface area contributed by atoms with Gasteiger partial charge in [0.25, 0.3) is 11.7 Å². The molecule has 1 aromatic carbocycles. The molecule has 168 valence electrons. The molecule has 1 atom stereocenters. The van der Waals surface area contributed by atoms with Crippen molar-refractivity contribution in [1.29, 1.82) is 0 Å². The molecular weight excluding hydrogens is 440 g/mol. The summed E-state index contributed by atoms with van der Waals surface area (Å²) in [6.07, 6.45) is 2.17. The topological polar surface area (TPSA) is 98.1 Å². The summed E-state index contributed by atoms with van der Waals surface area (Å²) < 4.78 is 12.5. The quantitative estimate of drug-likeness (QED) is 0.402. The highest BCUT2D eigenvalue weighted by Gasteiger charge is 2.35. The molecule has 0 bridgehead atoms. The first-order chi connectivity index (χ1) is 16.0. The van der Waals surface area contributed by atoms with E-state index in [-0.39, 0.29) is 17.7 Å². The molecule has 0 spiro atoms. The van der Waals surface area contributed by atoms with Crippen LogP contribution < -0.4 is 4.74 Å². The normalized spacial score (nSPS) is 15.8. The highest BCUT2D eigenvalue weighted by Crippen LogP contribution is 2.34. The average molecular weight is 463 g/mol. The van der Waals surface area contributed by atoms with Crippen LogP contribution in [0.5, 0.6) is 5.75 Å². The Labute approximate surface area is 194 Å². The number of aromatic nitrogens is 4. The van der Waals surface area contributed by atoms with Crippen molar-refractivity contribution in [3.8, 4) is 5.75 Å². The highest BCUT2D eigenvalue weighted by molar-refractivity contribution is 7.99. The van der Waals surface area contributed by atoms with E-state index in [2.05, 4.69) is 20.2 Å². The van der Waals surface area contributed by atoms with E-state index in [9.17, 15) is 4.79 Å². The number of benzene rings is 1. The summed E-state index contributed by atoms with van der Waals surface area (Å²) in [5.74, 6) is 1.98. The van der Waals surface area contributed by atoms with Crippen molar-refractivity contribution in [1.82, 2.24) is 24.6 Å². The van der Waals surface area contributed by atoms with Crippen LogP contribution in [0.25, 0.3) is 5.78 Å². The van der Waals surface area contributed by atoms with Gasteiger partial charge < -0.3 is 9.15 Å². The summed E-state index contributed by atoms with van der Waals surface area (Å²) in [5.41, 5.74) is 3.57. The van der Waals surface area contributed by atoms with Gasteiger partial charge in [-0.1, -0.05) is 11.8 Å². The first kappa shape index (κ1) is 21.2. The van der Waals surface area contributed by atoms with Crippen LogP contribution >= 0.6 is 11.8 Å². The molecule has 0 radical (unpaired) electrons. The Balaban J connectivity index is 1.36. The van der Waals surface area contributed by atoms with Crippen LogP contribution in [0, 0.1) is 13.8 Å². The lowest BCUT2D eigenvalue weighted by molar-refractivity contribution is -0.130. The largest absolute Gasteiger partial charge is 0.497 e. The van der Waals surface area contributed by atoms with Gasteiger partial charge in [0.1, 0.15) is 17.6 Å². The number of hydrazone groups is 1.